The van der Waals surface area contributed by atoms with E-state index in [1.165, 1.54) is 24.8 Å². The largest absolute Gasteiger partial charge is 0.399 e. The third-order valence-corrected chi connectivity index (χ3v) is 4.13. The van der Waals surface area contributed by atoms with Crippen molar-refractivity contribution in [1.29, 1.82) is 0 Å². The Morgan fingerprint density at radius 3 is 2.68 bits per heavy atom. The molecule has 0 spiro atoms. The number of nitrogen functional groups attached to an aromatic ring is 1. The van der Waals surface area contributed by atoms with Crippen molar-refractivity contribution in [3.63, 3.8) is 0 Å². The first-order valence-electron chi connectivity index (χ1n) is 7.41. The molecule has 1 aromatic carbocycles. The number of hydrogen-bond acceptors (Lipinski definition) is 2. The summed E-state index contributed by atoms with van der Waals surface area (Å²) >= 11 is 0. The van der Waals surface area contributed by atoms with Gasteiger partial charge in [-0.15, -0.1) is 0 Å². The second-order valence-electron chi connectivity index (χ2n) is 6.85. The molecule has 19 heavy (non-hydrogen) atoms. The number of para-hydroxylation sites is 1. The van der Waals surface area contributed by atoms with Crippen LogP contribution in [0.5, 0.6) is 0 Å². The Balaban J connectivity index is 1.81. The fraction of sp³-hybridized carbons (Fsp3) is 0.647. The van der Waals surface area contributed by atoms with E-state index in [-0.39, 0.29) is 0 Å². The number of ether oxygens (including phenoxy) is 1. The van der Waals surface area contributed by atoms with Crippen molar-refractivity contribution in [2.24, 2.45) is 11.3 Å². The van der Waals surface area contributed by atoms with Crippen LogP contribution in [0.4, 0.5) is 5.69 Å². The zero-order valence-electron chi connectivity index (χ0n) is 12.5. The maximum absolute atomic E-state index is 6.09. The third-order valence-electron chi connectivity index (χ3n) is 4.13. The van der Waals surface area contributed by atoms with Crippen LogP contribution < -0.4 is 5.73 Å². The van der Waals surface area contributed by atoms with Gasteiger partial charge in [0, 0.05) is 5.69 Å². The van der Waals surface area contributed by atoms with Crippen LogP contribution in [0.2, 0.25) is 0 Å². The van der Waals surface area contributed by atoms with Crippen molar-refractivity contribution in [3.05, 3.63) is 29.8 Å². The Labute approximate surface area is 117 Å². The Hall–Kier alpha value is -1.02. The molecular weight excluding hydrogens is 234 g/mol. The molecule has 0 radical (unpaired) electrons. The zero-order chi connectivity index (χ0) is 13.9. The second-order valence-corrected chi connectivity index (χ2v) is 6.85. The van der Waals surface area contributed by atoms with Crippen LogP contribution in [-0.4, -0.2) is 12.7 Å². The topological polar surface area (TPSA) is 35.2 Å². The molecule has 2 N–H and O–H groups in total. The van der Waals surface area contributed by atoms with Gasteiger partial charge in [0.15, 0.2) is 0 Å². The minimum Gasteiger partial charge on any atom is -0.399 e. The van der Waals surface area contributed by atoms with Gasteiger partial charge >= 0.3 is 0 Å². The second kappa shape index (κ2) is 5.96. The van der Waals surface area contributed by atoms with E-state index in [1.807, 2.05) is 18.2 Å². The van der Waals surface area contributed by atoms with Crippen molar-refractivity contribution in [2.45, 2.75) is 52.6 Å². The number of hydrogen-bond donors (Lipinski definition) is 1. The molecule has 106 valence electrons. The van der Waals surface area contributed by atoms with Gasteiger partial charge < -0.3 is 10.5 Å². The lowest BCUT2D eigenvalue weighted by molar-refractivity contribution is -0.0215. The predicted octanol–water partition coefficient (Wildman–Crippen LogP) is 4.04. The van der Waals surface area contributed by atoms with Crippen LogP contribution in [0.15, 0.2) is 24.3 Å². The number of nitrogens with two attached hydrogens (primary N) is 1. The number of anilines is 1. The molecule has 1 aliphatic rings. The normalized spacial score (nSPS) is 26.3. The summed E-state index contributed by atoms with van der Waals surface area (Å²) in [6.07, 6.45) is 5.04. The maximum atomic E-state index is 6.09. The van der Waals surface area contributed by atoms with E-state index in [0.717, 1.165) is 24.6 Å². The molecule has 1 saturated carbocycles. The summed E-state index contributed by atoms with van der Waals surface area (Å²) < 4.78 is 6.09. The lowest BCUT2D eigenvalue weighted by Crippen LogP contribution is -2.33. The zero-order valence-corrected chi connectivity index (χ0v) is 12.5. The van der Waals surface area contributed by atoms with Gasteiger partial charge in [-0.2, -0.15) is 0 Å². The van der Waals surface area contributed by atoms with Crippen molar-refractivity contribution in [1.82, 2.24) is 0 Å². The van der Waals surface area contributed by atoms with Gasteiger partial charge in [0.25, 0.3) is 0 Å². The average molecular weight is 261 g/mol. The summed E-state index contributed by atoms with van der Waals surface area (Å²) in [5.41, 5.74) is 8.45. The molecule has 0 heterocycles. The van der Waals surface area contributed by atoms with E-state index < -0.39 is 0 Å². The van der Waals surface area contributed by atoms with Gasteiger partial charge in [-0.3, -0.25) is 0 Å². The van der Waals surface area contributed by atoms with Crippen LogP contribution in [0.3, 0.4) is 0 Å². The fourth-order valence-corrected chi connectivity index (χ4v) is 3.48. The van der Waals surface area contributed by atoms with Gasteiger partial charge in [0.1, 0.15) is 0 Å². The van der Waals surface area contributed by atoms with E-state index in [4.69, 9.17) is 10.5 Å². The van der Waals surface area contributed by atoms with Crippen LogP contribution in [0.25, 0.3) is 0 Å². The minimum atomic E-state index is 0.420. The Morgan fingerprint density at radius 2 is 2.00 bits per heavy atom. The first kappa shape index (κ1) is 14.4. The van der Waals surface area contributed by atoms with E-state index in [9.17, 15) is 0 Å². The molecule has 2 unspecified atom stereocenters. The molecule has 2 atom stereocenters. The average Bonchev–Trinajstić information content (AvgIpc) is 2.29. The van der Waals surface area contributed by atoms with E-state index >= 15 is 0 Å². The first-order chi connectivity index (χ1) is 8.96. The van der Waals surface area contributed by atoms with Crippen molar-refractivity contribution >= 4 is 5.69 Å². The Morgan fingerprint density at radius 1 is 1.26 bits per heavy atom. The van der Waals surface area contributed by atoms with Crippen LogP contribution in [-0.2, 0) is 11.2 Å². The number of benzene rings is 1. The highest BCUT2D eigenvalue weighted by Gasteiger charge is 2.32. The summed E-state index contributed by atoms with van der Waals surface area (Å²) in [4.78, 5) is 0. The van der Waals surface area contributed by atoms with Crippen molar-refractivity contribution in [3.8, 4) is 0 Å². The van der Waals surface area contributed by atoms with Gasteiger partial charge in [0.05, 0.1) is 12.7 Å². The summed E-state index contributed by atoms with van der Waals surface area (Å²) in [6.45, 7) is 7.83. The van der Waals surface area contributed by atoms with Crippen molar-refractivity contribution in [2.75, 3.05) is 12.3 Å². The molecule has 1 fully saturated rings. The molecular formula is C17H27NO. The summed E-state index contributed by atoms with van der Waals surface area (Å²) in [5, 5.41) is 0. The molecule has 1 aliphatic carbocycles. The van der Waals surface area contributed by atoms with Gasteiger partial charge in [0.2, 0.25) is 0 Å². The molecule has 0 saturated heterocycles. The first-order valence-corrected chi connectivity index (χ1v) is 7.41. The third kappa shape index (κ3) is 4.24. The van der Waals surface area contributed by atoms with E-state index in [2.05, 4.69) is 26.8 Å². The van der Waals surface area contributed by atoms with Crippen molar-refractivity contribution < 1.29 is 4.74 Å². The quantitative estimate of drug-likeness (QED) is 0.830. The van der Waals surface area contributed by atoms with E-state index in [1.54, 1.807) is 0 Å². The van der Waals surface area contributed by atoms with Gasteiger partial charge in [-0.1, -0.05) is 39.0 Å². The highest BCUT2D eigenvalue weighted by atomic mass is 16.5. The van der Waals surface area contributed by atoms with E-state index in [0.29, 0.717) is 11.5 Å². The SMILES string of the molecule is CC1CC(OCCc2ccccc2N)CC(C)(C)C1. The number of rotatable bonds is 4. The molecule has 0 aromatic heterocycles. The summed E-state index contributed by atoms with van der Waals surface area (Å²) in [5.74, 6) is 0.774. The standard InChI is InChI=1S/C17H27NO/c1-13-10-15(12-17(2,3)11-13)19-9-8-14-6-4-5-7-16(14)18/h4-7,13,15H,8-12,18H2,1-3H3. The lowest BCUT2D eigenvalue weighted by atomic mass is 9.71. The molecule has 1 aromatic rings. The molecule has 2 rings (SSSR count). The maximum Gasteiger partial charge on any atom is 0.0582 e. The highest BCUT2D eigenvalue weighted by molar-refractivity contribution is 5.46. The Kier molecular flexibility index (Phi) is 4.51. The smallest absolute Gasteiger partial charge is 0.0582 e. The fourth-order valence-electron chi connectivity index (χ4n) is 3.48. The lowest BCUT2D eigenvalue weighted by Gasteiger charge is -2.38. The van der Waals surface area contributed by atoms with Gasteiger partial charge in [-0.05, 0) is 48.6 Å². The van der Waals surface area contributed by atoms with Gasteiger partial charge in [-0.25, -0.2) is 0 Å². The molecule has 2 nitrogen and oxygen atoms in total. The summed E-state index contributed by atoms with van der Waals surface area (Å²) in [7, 11) is 0. The minimum absolute atomic E-state index is 0.420. The predicted molar refractivity (Wildman–Crippen MR) is 81.1 cm³/mol. The van der Waals surface area contributed by atoms with Crippen LogP contribution in [0, 0.1) is 11.3 Å². The molecule has 2 heteroatoms. The molecule has 0 bridgehead atoms. The molecule has 0 amide bonds. The highest BCUT2D eigenvalue weighted by Crippen LogP contribution is 2.39. The van der Waals surface area contributed by atoms with Crippen LogP contribution >= 0.6 is 0 Å². The Bertz CT molecular complexity index is 413. The van der Waals surface area contributed by atoms with Crippen LogP contribution in [0.1, 0.15) is 45.6 Å². The monoisotopic (exact) mass is 261 g/mol. The molecule has 0 aliphatic heterocycles. The summed E-state index contributed by atoms with van der Waals surface area (Å²) in [6, 6.07) is 8.07.